The molecule has 0 N–H and O–H groups in total. The molecule has 1 aliphatic rings. The lowest BCUT2D eigenvalue weighted by atomic mass is 9.72. The fourth-order valence-electron chi connectivity index (χ4n) is 1.85. The summed E-state index contributed by atoms with van der Waals surface area (Å²) in [6.07, 6.45) is 1.14. The molecule has 0 aromatic carbocycles. The highest BCUT2D eigenvalue weighted by molar-refractivity contribution is 5.80. The van der Waals surface area contributed by atoms with E-state index in [1.807, 2.05) is 6.92 Å². The van der Waals surface area contributed by atoms with Gasteiger partial charge in [-0.25, -0.2) is 0 Å². The zero-order chi connectivity index (χ0) is 8.65. The molecule has 1 nitrogen and oxygen atoms in total. The fraction of sp³-hybridized carbons (Fsp3) is 0.889. The van der Waals surface area contributed by atoms with Crippen LogP contribution in [0.1, 0.15) is 41.4 Å². The van der Waals surface area contributed by atoms with Crippen LogP contribution in [0, 0.1) is 11.3 Å². The number of ketones is 1. The van der Waals surface area contributed by atoms with Crippen molar-refractivity contribution in [1.82, 2.24) is 0 Å². The predicted octanol–water partition coefficient (Wildman–Crippen LogP) is 2.40. The molecule has 1 heteroatoms. The van der Waals surface area contributed by atoms with E-state index >= 15 is 0 Å². The van der Waals surface area contributed by atoms with Crippen LogP contribution < -0.4 is 0 Å². The molecule has 0 aromatic heterocycles. The van der Waals surface area contributed by atoms with Crippen LogP contribution in [0.2, 0.25) is 0 Å². The van der Waals surface area contributed by atoms with E-state index in [0.717, 1.165) is 6.42 Å². The van der Waals surface area contributed by atoms with Gasteiger partial charge < -0.3 is 0 Å². The van der Waals surface area contributed by atoms with Crippen molar-refractivity contribution in [3.63, 3.8) is 0 Å². The van der Waals surface area contributed by atoms with Gasteiger partial charge in [-0.05, 0) is 17.8 Å². The lowest BCUT2D eigenvalue weighted by molar-refractivity contribution is -0.124. The van der Waals surface area contributed by atoms with Gasteiger partial charge in [0.25, 0.3) is 0 Å². The summed E-state index contributed by atoms with van der Waals surface area (Å²) < 4.78 is 7.51. The second-order valence-corrected chi connectivity index (χ2v) is 4.16. The van der Waals surface area contributed by atoms with Crippen LogP contribution in [0.15, 0.2) is 0 Å². The SMILES string of the molecule is [2H]C1C(=O)CC(C)(C)CC1C. The van der Waals surface area contributed by atoms with Gasteiger partial charge in [0.15, 0.2) is 0 Å². The first kappa shape index (κ1) is 6.38. The van der Waals surface area contributed by atoms with Gasteiger partial charge in [0.1, 0.15) is 5.78 Å². The van der Waals surface area contributed by atoms with Gasteiger partial charge in [-0.3, -0.25) is 4.79 Å². The third-order valence-corrected chi connectivity index (χ3v) is 2.00. The van der Waals surface area contributed by atoms with Crippen LogP contribution in [0.3, 0.4) is 0 Å². The maximum Gasteiger partial charge on any atom is 0.133 e. The molecular formula is C9H16O. The maximum absolute atomic E-state index is 11.2. The Morgan fingerprint density at radius 3 is 2.80 bits per heavy atom. The van der Waals surface area contributed by atoms with Crippen LogP contribution in [0.5, 0.6) is 0 Å². The number of hydrogen-bond donors (Lipinski definition) is 0. The Morgan fingerprint density at radius 2 is 2.30 bits per heavy atom. The summed E-state index contributed by atoms with van der Waals surface area (Å²) in [6, 6.07) is 0. The molecule has 1 aliphatic carbocycles. The fourth-order valence-corrected chi connectivity index (χ4v) is 1.85. The lowest BCUT2D eigenvalue weighted by Crippen LogP contribution is -2.27. The second-order valence-electron chi connectivity index (χ2n) is 4.16. The summed E-state index contributed by atoms with van der Waals surface area (Å²) in [5.74, 6) is 0.361. The molecule has 0 bridgehead atoms. The number of hydrogen-bond acceptors (Lipinski definition) is 1. The van der Waals surface area contributed by atoms with Crippen molar-refractivity contribution in [1.29, 1.82) is 0 Å². The van der Waals surface area contributed by atoms with Crippen molar-refractivity contribution >= 4 is 5.78 Å². The number of carbonyl (C=O) groups excluding carboxylic acids is 1. The van der Waals surface area contributed by atoms with Crippen molar-refractivity contribution in [3.8, 4) is 0 Å². The Labute approximate surface area is 64.2 Å². The molecule has 1 fully saturated rings. The van der Waals surface area contributed by atoms with Gasteiger partial charge in [0.2, 0.25) is 0 Å². The van der Waals surface area contributed by atoms with Crippen LogP contribution in [0.25, 0.3) is 0 Å². The molecule has 0 saturated heterocycles. The predicted molar refractivity (Wildman–Crippen MR) is 41.8 cm³/mol. The number of Topliss-reactive ketones (excluding diaryl/α,β-unsaturated/α-hetero) is 1. The molecule has 10 heavy (non-hydrogen) atoms. The molecule has 58 valence electrons. The summed E-state index contributed by atoms with van der Waals surface area (Å²) in [6.45, 7) is 6.21. The van der Waals surface area contributed by atoms with E-state index in [9.17, 15) is 4.79 Å². The third kappa shape index (κ3) is 1.83. The van der Waals surface area contributed by atoms with Gasteiger partial charge in [-0.15, -0.1) is 0 Å². The van der Waals surface area contributed by atoms with E-state index in [2.05, 4.69) is 13.8 Å². The third-order valence-electron chi connectivity index (χ3n) is 2.00. The minimum atomic E-state index is -0.456. The van der Waals surface area contributed by atoms with Gasteiger partial charge >= 0.3 is 0 Å². The second kappa shape index (κ2) is 2.37. The van der Waals surface area contributed by atoms with Crippen molar-refractivity contribution < 1.29 is 6.17 Å². The first-order valence-corrected chi connectivity index (χ1v) is 3.87. The molecule has 0 aromatic rings. The standard InChI is InChI=1S/C9H16O/c1-7-4-8(10)6-9(2,3)5-7/h7H,4-6H2,1-3H3/i4D. The Kier molecular flexibility index (Phi) is 1.51. The highest BCUT2D eigenvalue weighted by Crippen LogP contribution is 2.36. The van der Waals surface area contributed by atoms with E-state index in [-0.39, 0.29) is 17.1 Å². The minimum absolute atomic E-state index is 0.119. The molecule has 2 atom stereocenters. The molecule has 0 heterocycles. The smallest absolute Gasteiger partial charge is 0.133 e. The van der Waals surface area contributed by atoms with E-state index < -0.39 is 6.40 Å². The van der Waals surface area contributed by atoms with E-state index in [0.29, 0.717) is 6.42 Å². The topological polar surface area (TPSA) is 17.1 Å². The average Bonchev–Trinajstić information content (AvgIpc) is 1.81. The van der Waals surface area contributed by atoms with Gasteiger partial charge in [-0.1, -0.05) is 20.8 Å². The quantitative estimate of drug-likeness (QED) is 0.506. The molecule has 0 radical (unpaired) electrons. The minimum Gasteiger partial charge on any atom is -0.300 e. The zero-order valence-corrected chi connectivity index (χ0v) is 6.98. The van der Waals surface area contributed by atoms with Crippen molar-refractivity contribution in [2.24, 2.45) is 11.3 Å². The normalized spacial score (nSPS) is 41.1. The van der Waals surface area contributed by atoms with E-state index in [4.69, 9.17) is 1.37 Å². The highest BCUT2D eigenvalue weighted by atomic mass is 16.1. The molecule has 0 spiro atoms. The molecule has 0 aliphatic heterocycles. The lowest BCUT2D eigenvalue weighted by Gasteiger charge is -2.32. The monoisotopic (exact) mass is 141 g/mol. The van der Waals surface area contributed by atoms with Crippen molar-refractivity contribution in [2.75, 3.05) is 0 Å². The average molecular weight is 141 g/mol. The first-order valence-electron chi connectivity index (χ1n) is 4.45. The molecule has 0 amide bonds. The Balaban J connectivity index is 2.70. The van der Waals surface area contributed by atoms with Gasteiger partial charge in [-0.2, -0.15) is 0 Å². The highest BCUT2D eigenvalue weighted by Gasteiger charge is 2.30. The van der Waals surface area contributed by atoms with E-state index in [1.165, 1.54) is 0 Å². The van der Waals surface area contributed by atoms with Gasteiger partial charge in [0.05, 0.1) is 0 Å². The maximum atomic E-state index is 11.2. The Morgan fingerprint density at radius 1 is 1.70 bits per heavy atom. The first-order chi connectivity index (χ1) is 4.92. The number of carbonyl (C=O) groups is 1. The summed E-state index contributed by atoms with van der Waals surface area (Å²) >= 11 is 0. The summed E-state index contributed by atoms with van der Waals surface area (Å²) in [5.41, 5.74) is 0.133. The van der Waals surface area contributed by atoms with Crippen molar-refractivity contribution in [3.05, 3.63) is 0 Å². The Bertz CT molecular complexity index is 174. The van der Waals surface area contributed by atoms with Crippen LogP contribution >= 0.6 is 0 Å². The zero-order valence-electron chi connectivity index (χ0n) is 7.98. The largest absolute Gasteiger partial charge is 0.300 e. The molecule has 1 saturated carbocycles. The molecule has 2 unspecified atom stereocenters. The van der Waals surface area contributed by atoms with Crippen molar-refractivity contribution in [2.45, 2.75) is 40.0 Å². The van der Waals surface area contributed by atoms with Crippen LogP contribution in [-0.4, -0.2) is 5.78 Å². The molecule has 1 rings (SSSR count). The van der Waals surface area contributed by atoms with E-state index in [1.54, 1.807) is 0 Å². The summed E-state index contributed by atoms with van der Waals surface area (Å²) in [4.78, 5) is 11.2. The van der Waals surface area contributed by atoms with Gasteiger partial charge in [0, 0.05) is 14.2 Å². The Hall–Kier alpha value is -0.330. The number of rotatable bonds is 0. The summed E-state index contributed by atoms with van der Waals surface area (Å²) in [7, 11) is 0. The van der Waals surface area contributed by atoms with Crippen LogP contribution in [-0.2, 0) is 4.79 Å². The van der Waals surface area contributed by atoms with Crippen LogP contribution in [0.4, 0.5) is 0 Å². The summed E-state index contributed by atoms with van der Waals surface area (Å²) in [5, 5.41) is 0. The molecular weight excluding hydrogens is 124 g/mol.